The normalized spacial score (nSPS) is 17.1. The maximum Gasteiger partial charge on any atom is 0.333 e. The van der Waals surface area contributed by atoms with Crippen molar-refractivity contribution >= 4 is 41.9 Å². The Labute approximate surface area is 192 Å². The van der Waals surface area contributed by atoms with E-state index in [2.05, 4.69) is 17.6 Å². The van der Waals surface area contributed by atoms with Gasteiger partial charge in [-0.05, 0) is 48.6 Å². The number of aryl methyl sites for hydroxylation is 1. The van der Waals surface area contributed by atoms with E-state index in [4.69, 9.17) is 9.57 Å². The number of aliphatic imine (C=N–C) groups is 1. The highest BCUT2D eigenvalue weighted by atomic mass is 32.1. The second-order valence-corrected chi connectivity index (χ2v) is 9.82. The molecule has 2 amide bonds. The summed E-state index contributed by atoms with van der Waals surface area (Å²) in [6, 6.07) is 5.75. The lowest BCUT2D eigenvalue weighted by Crippen LogP contribution is -2.32. The maximum atomic E-state index is 12.1. The highest BCUT2D eigenvalue weighted by molar-refractivity contribution is 7.81. The van der Waals surface area contributed by atoms with Gasteiger partial charge in [0.2, 0.25) is 0 Å². The standard InChI is InChI=1S/C23H28N2O6S/c1-23(2,32)13-16(26)14-24-19-8-5-15-12-17(6-7-18(15)19)30-11-3-4-22(29)31-25-20(27)9-10-21(25)28/h6-7,12,32H,3-5,8-11,13-14H2,1-2H3. The number of rotatable bonds is 10. The monoisotopic (exact) mass is 460 g/mol. The fourth-order valence-corrected chi connectivity index (χ4v) is 3.81. The predicted octanol–water partition coefficient (Wildman–Crippen LogP) is 2.86. The van der Waals surface area contributed by atoms with Crippen LogP contribution in [0.5, 0.6) is 5.75 Å². The van der Waals surface area contributed by atoms with Crippen LogP contribution < -0.4 is 4.74 Å². The third-order valence-corrected chi connectivity index (χ3v) is 5.25. The molecule has 0 unspecified atom stereocenters. The number of Topliss-reactive ketones (excluding diaryl/α,β-unsaturated/α-hetero) is 1. The van der Waals surface area contributed by atoms with Crippen LogP contribution in [-0.4, -0.2) is 52.2 Å². The number of hydrogen-bond donors (Lipinski definition) is 1. The smallest absolute Gasteiger partial charge is 0.333 e. The Morgan fingerprint density at radius 3 is 2.53 bits per heavy atom. The van der Waals surface area contributed by atoms with Crippen LogP contribution in [0.1, 0.15) is 63.5 Å². The molecule has 0 spiro atoms. The van der Waals surface area contributed by atoms with Gasteiger partial charge in [0.25, 0.3) is 11.8 Å². The maximum absolute atomic E-state index is 12.1. The zero-order chi connectivity index (χ0) is 23.3. The Bertz CT molecular complexity index is 934. The molecule has 9 heteroatoms. The number of benzene rings is 1. The lowest BCUT2D eigenvalue weighted by atomic mass is 10.1. The van der Waals surface area contributed by atoms with Crippen LogP contribution in [0.4, 0.5) is 0 Å². The van der Waals surface area contributed by atoms with Gasteiger partial charge in [0.05, 0.1) is 19.6 Å². The molecule has 1 aromatic rings. The molecule has 0 atom stereocenters. The van der Waals surface area contributed by atoms with Gasteiger partial charge < -0.3 is 9.57 Å². The number of thiol groups is 1. The van der Waals surface area contributed by atoms with Crippen molar-refractivity contribution in [2.24, 2.45) is 4.99 Å². The third-order valence-electron chi connectivity index (χ3n) is 5.09. The molecular formula is C23H28N2O6S. The summed E-state index contributed by atoms with van der Waals surface area (Å²) in [7, 11) is 0. The number of fused-ring (bicyclic) bond motifs is 1. The average molecular weight is 461 g/mol. The van der Waals surface area contributed by atoms with Gasteiger partial charge in [-0.1, -0.05) is 13.8 Å². The zero-order valence-electron chi connectivity index (χ0n) is 18.4. The third kappa shape index (κ3) is 6.66. The molecule has 0 N–H and O–H groups in total. The molecular weight excluding hydrogens is 432 g/mol. The van der Waals surface area contributed by atoms with Gasteiger partial charge in [-0.15, -0.1) is 5.06 Å². The van der Waals surface area contributed by atoms with Crippen LogP contribution in [0.3, 0.4) is 0 Å². The highest BCUT2D eigenvalue weighted by Gasteiger charge is 2.32. The number of nitrogens with zero attached hydrogens (tertiary/aromatic N) is 2. The number of carbonyl (C=O) groups is 4. The molecule has 0 bridgehead atoms. The molecule has 1 saturated heterocycles. The van der Waals surface area contributed by atoms with Crippen LogP contribution in [0.15, 0.2) is 23.2 Å². The number of ether oxygens (including phenoxy) is 1. The van der Waals surface area contributed by atoms with E-state index >= 15 is 0 Å². The summed E-state index contributed by atoms with van der Waals surface area (Å²) >= 11 is 4.39. The molecule has 0 radical (unpaired) electrons. The second kappa shape index (κ2) is 10.3. The molecule has 0 aromatic heterocycles. The zero-order valence-corrected chi connectivity index (χ0v) is 19.3. The number of ketones is 1. The Hall–Kier alpha value is -2.68. The molecule has 172 valence electrons. The minimum atomic E-state index is -0.636. The van der Waals surface area contributed by atoms with Crippen molar-refractivity contribution in [3.63, 3.8) is 0 Å². The van der Waals surface area contributed by atoms with Crippen LogP contribution in [0.2, 0.25) is 0 Å². The Morgan fingerprint density at radius 1 is 1.12 bits per heavy atom. The van der Waals surface area contributed by atoms with E-state index in [0.29, 0.717) is 30.3 Å². The van der Waals surface area contributed by atoms with Gasteiger partial charge in [0.1, 0.15) is 5.75 Å². The lowest BCUT2D eigenvalue weighted by Gasteiger charge is -2.14. The molecule has 2 aliphatic rings. The summed E-state index contributed by atoms with van der Waals surface area (Å²) < 4.78 is 5.39. The lowest BCUT2D eigenvalue weighted by molar-refractivity contribution is -0.197. The van der Waals surface area contributed by atoms with Crippen molar-refractivity contribution < 1.29 is 28.8 Å². The van der Waals surface area contributed by atoms with Crippen molar-refractivity contribution in [2.75, 3.05) is 13.2 Å². The minimum Gasteiger partial charge on any atom is -0.494 e. The Morgan fingerprint density at radius 2 is 1.84 bits per heavy atom. The second-order valence-electron chi connectivity index (χ2n) is 8.61. The summed E-state index contributed by atoms with van der Waals surface area (Å²) in [6.07, 6.45) is 2.58. The van der Waals surface area contributed by atoms with Crippen molar-refractivity contribution in [3.8, 4) is 5.75 Å². The first-order valence-corrected chi connectivity index (χ1v) is 11.2. The van der Waals surface area contributed by atoms with E-state index < -0.39 is 17.8 Å². The Kier molecular flexibility index (Phi) is 7.71. The minimum absolute atomic E-state index is 0.0376. The SMILES string of the molecule is CC(C)(S)CC(=O)CN=C1CCc2cc(OCCCC(=O)ON3C(=O)CCC3=O)ccc21. The van der Waals surface area contributed by atoms with Crippen LogP contribution >= 0.6 is 12.6 Å². The first-order chi connectivity index (χ1) is 15.1. The largest absolute Gasteiger partial charge is 0.494 e. The average Bonchev–Trinajstić information content (AvgIpc) is 3.26. The topological polar surface area (TPSA) is 102 Å². The van der Waals surface area contributed by atoms with Gasteiger partial charge in [-0.25, -0.2) is 4.79 Å². The van der Waals surface area contributed by atoms with Gasteiger partial charge in [-0.2, -0.15) is 12.6 Å². The van der Waals surface area contributed by atoms with Crippen LogP contribution in [0.25, 0.3) is 0 Å². The Balaban J connectivity index is 1.44. The molecule has 1 fully saturated rings. The molecule has 1 aromatic carbocycles. The van der Waals surface area contributed by atoms with Gasteiger partial charge in [0, 0.05) is 29.7 Å². The fraction of sp³-hybridized carbons (Fsp3) is 0.522. The molecule has 1 aliphatic heterocycles. The van der Waals surface area contributed by atoms with Crippen molar-refractivity contribution in [2.45, 2.75) is 63.5 Å². The van der Waals surface area contributed by atoms with Crippen molar-refractivity contribution in [1.29, 1.82) is 0 Å². The quantitative estimate of drug-likeness (QED) is 0.327. The van der Waals surface area contributed by atoms with E-state index in [9.17, 15) is 19.2 Å². The molecule has 1 aliphatic carbocycles. The number of imide groups is 1. The molecule has 1 heterocycles. The highest BCUT2D eigenvalue weighted by Crippen LogP contribution is 2.27. The van der Waals surface area contributed by atoms with E-state index in [1.165, 1.54) is 0 Å². The molecule has 8 nitrogen and oxygen atoms in total. The van der Waals surface area contributed by atoms with E-state index in [1.54, 1.807) is 0 Å². The van der Waals surface area contributed by atoms with E-state index in [0.717, 1.165) is 29.7 Å². The first-order valence-electron chi connectivity index (χ1n) is 10.7. The first kappa shape index (κ1) is 24.0. The summed E-state index contributed by atoms with van der Waals surface area (Å²) in [4.78, 5) is 56.1. The fourth-order valence-electron chi connectivity index (χ4n) is 3.63. The van der Waals surface area contributed by atoms with E-state index in [-0.39, 0.29) is 36.3 Å². The van der Waals surface area contributed by atoms with Gasteiger partial charge in [0.15, 0.2) is 5.78 Å². The van der Waals surface area contributed by atoms with Crippen molar-refractivity contribution in [1.82, 2.24) is 5.06 Å². The van der Waals surface area contributed by atoms with E-state index in [1.807, 2.05) is 32.0 Å². The molecule has 32 heavy (non-hydrogen) atoms. The summed E-state index contributed by atoms with van der Waals surface area (Å²) in [5, 5.41) is 0.551. The van der Waals surface area contributed by atoms with Gasteiger partial charge >= 0.3 is 5.97 Å². The molecule has 0 saturated carbocycles. The summed E-state index contributed by atoms with van der Waals surface area (Å²) in [5.41, 5.74) is 3.10. The number of hydroxylamine groups is 2. The molecule has 3 rings (SSSR count). The number of hydrogen-bond acceptors (Lipinski definition) is 8. The number of amides is 2. The summed E-state index contributed by atoms with van der Waals surface area (Å²) in [6.45, 7) is 4.28. The predicted molar refractivity (Wildman–Crippen MR) is 121 cm³/mol. The van der Waals surface area contributed by atoms with Crippen LogP contribution in [-0.2, 0) is 30.4 Å². The number of carbonyl (C=O) groups excluding carboxylic acids is 4. The van der Waals surface area contributed by atoms with Crippen LogP contribution in [0, 0.1) is 0 Å². The van der Waals surface area contributed by atoms with Gasteiger partial charge in [-0.3, -0.25) is 19.4 Å². The summed E-state index contributed by atoms with van der Waals surface area (Å²) in [5.74, 6) is -0.854. The van der Waals surface area contributed by atoms with Crippen molar-refractivity contribution in [3.05, 3.63) is 29.3 Å².